The van der Waals surface area contributed by atoms with E-state index >= 15 is 0 Å². The second-order valence-electron chi connectivity index (χ2n) is 6.23. The van der Waals surface area contributed by atoms with Crippen LogP contribution in [0.25, 0.3) is 0 Å². The van der Waals surface area contributed by atoms with Crippen molar-refractivity contribution in [2.45, 2.75) is 19.1 Å². The summed E-state index contributed by atoms with van der Waals surface area (Å²) in [4.78, 5) is 28.7. The van der Waals surface area contributed by atoms with Gasteiger partial charge in [-0.1, -0.05) is 12.1 Å². The zero-order valence-electron chi connectivity index (χ0n) is 14.0. The number of nitrogens with zero attached hydrogens (tertiary/aromatic N) is 2. The molecule has 2 amide bonds. The number of carbonyl (C=O) groups excluding carboxylic acids is 2. The molecule has 3 rings (SSSR count). The Balaban J connectivity index is 1.71. The Morgan fingerprint density at radius 2 is 2.08 bits per heavy atom. The molecule has 1 saturated heterocycles. The van der Waals surface area contributed by atoms with Gasteiger partial charge in [-0.25, -0.2) is 0 Å². The molecule has 1 aromatic heterocycles. The predicted octanol–water partition coefficient (Wildman–Crippen LogP) is 3.78. The van der Waals surface area contributed by atoms with E-state index in [9.17, 15) is 22.8 Å². The molecule has 1 aliphatic heterocycles. The van der Waals surface area contributed by atoms with Gasteiger partial charge in [-0.15, -0.1) is 11.3 Å². The molecule has 1 aromatic carbocycles. The molecule has 1 atom stereocenters. The molecule has 1 aliphatic rings. The van der Waals surface area contributed by atoms with Crippen LogP contribution in [0.15, 0.2) is 41.8 Å². The lowest BCUT2D eigenvalue weighted by atomic mass is 10.1. The average molecular weight is 382 g/mol. The van der Waals surface area contributed by atoms with Crippen molar-refractivity contribution in [3.8, 4) is 0 Å². The molecular formula is C18H17F3N2O2S. The number of hydrogen-bond donors (Lipinski definition) is 0. The molecule has 2 heterocycles. The van der Waals surface area contributed by atoms with Crippen LogP contribution in [0, 0.1) is 5.92 Å². The molecule has 0 bridgehead atoms. The molecule has 0 spiro atoms. The Bertz CT molecular complexity index is 805. The maximum Gasteiger partial charge on any atom is 0.416 e. The van der Waals surface area contributed by atoms with E-state index in [1.165, 1.54) is 28.4 Å². The summed E-state index contributed by atoms with van der Waals surface area (Å²) in [6.07, 6.45) is -4.47. The summed E-state index contributed by atoms with van der Waals surface area (Å²) in [6.45, 7) is 0.540. The van der Waals surface area contributed by atoms with Gasteiger partial charge in [0.25, 0.3) is 0 Å². The van der Waals surface area contributed by atoms with Crippen molar-refractivity contribution >= 4 is 28.8 Å². The van der Waals surface area contributed by atoms with Crippen LogP contribution < -0.4 is 4.90 Å². The molecule has 4 nitrogen and oxygen atoms in total. The number of halogens is 3. The molecule has 0 saturated carbocycles. The van der Waals surface area contributed by atoms with Crippen molar-refractivity contribution in [2.24, 2.45) is 5.92 Å². The molecular weight excluding hydrogens is 365 g/mol. The molecule has 0 aliphatic carbocycles. The van der Waals surface area contributed by atoms with Gasteiger partial charge in [0.05, 0.1) is 18.0 Å². The topological polar surface area (TPSA) is 40.6 Å². The van der Waals surface area contributed by atoms with E-state index in [0.29, 0.717) is 6.54 Å². The first-order valence-electron chi connectivity index (χ1n) is 8.00. The average Bonchev–Trinajstić information content (AvgIpc) is 3.23. The normalized spacial score (nSPS) is 17.6. The highest BCUT2D eigenvalue weighted by Gasteiger charge is 2.37. The Morgan fingerprint density at radius 3 is 2.73 bits per heavy atom. The Morgan fingerprint density at radius 1 is 1.31 bits per heavy atom. The minimum atomic E-state index is -4.48. The first-order valence-corrected chi connectivity index (χ1v) is 8.88. The minimum Gasteiger partial charge on any atom is -0.340 e. The second kappa shape index (κ2) is 7.11. The van der Waals surface area contributed by atoms with Crippen LogP contribution in [0.3, 0.4) is 0 Å². The van der Waals surface area contributed by atoms with Crippen LogP contribution in [0.4, 0.5) is 18.9 Å². The van der Waals surface area contributed by atoms with Gasteiger partial charge in [-0.3, -0.25) is 9.59 Å². The third-order valence-electron chi connectivity index (χ3n) is 4.31. The quantitative estimate of drug-likeness (QED) is 0.808. The zero-order valence-corrected chi connectivity index (χ0v) is 14.8. The lowest BCUT2D eigenvalue weighted by Crippen LogP contribution is -2.34. The zero-order chi connectivity index (χ0) is 18.9. The fraction of sp³-hybridized carbons (Fsp3) is 0.333. The second-order valence-corrected chi connectivity index (χ2v) is 7.26. The van der Waals surface area contributed by atoms with Crippen LogP contribution in [0.1, 0.15) is 16.9 Å². The highest BCUT2D eigenvalue weighted by Crippen LogP contribution is 2.33. The van der Waals surface area contributed by atoms with Crippen molar-refractivity contribution in [3.05, 3.63) is 52.2 Å². The molecule has 8 heteroatoms. The lowest BCUT2D eigenvalue weighted by Gasteiger charge is -2.21. The van der Waals surface area contributed by atoms with Crippen LogP contribution in [0.5, 0.6) is 0 Å². The number of alkyl halides is 3. The molecule has 2 aromatic rings. The summed E-state index contributed by atoms with van der Waals surface area (Å²) < 4.78 is 38.6. The smallest absolute Gasteiger partial charge is 0.340 e. The van der Waals surface area contributed by atoms with Gasteiger partial charge in [0, 0.05) is 30.6 Å². The first-order chi connectivity index (χ1) is 12.3. The fourth-order valence-electron chi connectivity index (χ4n) is 3.00. The SMILES string of the molecule is CN(Cc1cccs1)C(=O)C1CC(=O)N(c2cccc(C(F)(F)F)c2)C1. The van der Waals surface area contributed by atoms with Crippen LogP contribution in [0.2, 0.25) is 0 Å². The number of benzene rings is 1. The standard InChI is InChI=1S/C18H17F3N2O2S/c1-22(11-15-6-3-7-26-15)17(25)12-8-16(24)23(10-12)14-5-2-4-13(9-14)18(19,20)21/h2-7,9,12H,8,10-11H2,1H3. The Kier molecular flexibility index (Phi) is 5.04. The number of thiophene rings is 1. The van der Waals surface area contributed by atoms with Gasteiger partial charge in [0.15, 0.2) is 0 Å². The first kappa shape index (κ1) is 18.4. The molecule has 138 valence electrons. The van der Waals surface area contributed by atoms with Crippen molar-refractivity contribution in [2.75, 3.05) is 18.5 Å². The van der Waals surface area contributed by atoms with E-state index in [0.717, 1.165) is 17.0 Å². The highest BCUT2D eigenvalue weighted by molar-refractivity contribution is 7.09. The number of hydrogen-bond acceptors (Lipinski definition) is 3. The highest BCUT2D eigenvalue weighted by atomic mass is 32.1. The largest absolute Gasteiger partial charge is 0.416 e. The van der Waals surface area contributed by atoms with Crippen molar-refractivity contribution in [3.63, 3.8) is 0 Å². The molecule has 1 fully saturated rings. The predicted molar refractivity (Wildman–Crippen MR) is 92.7 cm³/mol. The van der Waals surface area contributed by atoms with Crippen molar-refractivity contribution < 1.29 is 22.8 Å². The summed E-state index contributed by atoms with van der Waals surface area (Å²) in [5, 5.41) is 1.92. The molecule has 0 N–H and O–H groups in total. The van der Waals surface area contributed by atoms with Gasteiger partial charge in [-0.05, 0) is 29.6 Å². The minimum absolute atomic E-state index is 0.00383. The maximum atomic E-state index is 12.9. The summed E-state index contributed by atoms with van der Waals surface area (Å²) in [5.74, 6) is -1.07. The fourth-order valence-corrected chi connectivity index (χ4v) is 3.76. The van der Waals surface area contributed by atoms with E-state index in [1.54, 1.807) is 11.9 Å². The summed E-state index contributed by atoms with van der Waals surface area (Å²) >= 11 is 1.54. The Hall–Kier alpha value is -2.35. The lowest BCUT2D eigenvalue weighted by molar-refractivity contribution is -0.137. The van der Waals surface area contributed by atoms with Gasteiger partial charge in [0.1, 0.15) is 0 Å². The van der Waals surface area contributed by atoms with E-state index in [2.05, 4.69) is 0 Å². The van der Waals surface area contributed by atoms with Crippen molar-refractivity contribution in [1.82, 2.24) is 4.90 Å². The van der Waals surface area contributed by atoms with E-state index in [4.69, 9.17) is 0 Å². The van der Waals surface area contributed by atoms with Gasteiger partial charge >= 0.3 is 6.18 Å². The van der Waals surface area contributed by atoms with E-state index in [-0.39, 0.29) is 30.5 Å². The van der Waals surface area contributed by atoms with Crippen LogP contribution in [-0.2, 0) is 22.3 Å². The Labute approximate surface area is 152 Å². The van der Waals surface area contributed by atoms with Gasteiger partial charge in [0.2, 0.25) is 11.8 Å². The van der Waals surface area contributed by atoms with E-state index in [1.807, 2.05) is 17.5 Å². The number of carbonyl (C=O) groups is 2. The van der Waals surface area contributed by atoms with E-state index < -0.39 is 17.7 Å². The molecule has 26 heavy (non-hydrogen) atoms. The summed E-state index contributed by atoms with van der Waals surface area (Å²) in [6, 6.07) is 8.44. The van der Waals surface area contributed by atoms with Gasteiger partial charge in [-0.2, -0.15) is 13.2 Å². The number of amides is 2. The monoisotopic (exact) mass is 382 g/mol. The molecule has 1 unspecified atom stereocenters. The summed E-state index contributed by atoms with van der Waals surface area (Å²) in [5.41, 5.74) is -0.645. The van der Waals surface area contributed by atoms with Gasteiger partial charge < -0.3 is 9.80 Å². The number of rotatable bonds is 4. The van der Waals surface area contributed by atoms with Crippen molar-refractivity contribution in [1.29, 1.82) is 0 Å². The molecule has 0 radical (unpaired) electrons. The van der Waals surface area contributed by atoms with Crippen LogP contribution >= 0.6 is 11.3 Å². The summed E-state index contributed by atoms with van der Waals surface area (Å²) in [7, 11) is 1.67. The maximum absolute atomic E-state index is 12.9. The third kappa shape index (κ3) is 3.90. The third-order valence-corrected chi connectivity index (χ3v) is 5.17. The van der Waals surface area contributed by atoms with Crippen LogP contribution in [-0.4, -0.2) is 30.3 Å². The number of anilines is 1.